The van der Waals surface area contributed by atoms with Gasteiger partial charge in [-0.25, -0.2) is 0 Å². The highest BCUT2D eigenvalue weighted by molar-refractivity contribution is 9.10. The number of carbonyl (C=O) groups is 1. The van der Waals surface area contributed by atoms with E-state index in [9.17, 15) is 9.36 Å². The molecule has 8 heteroatoms. The Morgan fingerprint density at radius 3 is 2.00 bits per heavy atom. The summed E-state index contributed by atoms with van der Waals surface area (Å²) in [6, 6.07) is 23.9. The Morgan fingerprint density at radius 2 is 1.47 bits per heavy atom. The molecule has 0 saturated carbocycles. The summed E-state index contributed by atoms with van der Waals surface area (Å²) in [6.07, 6.45) is -0.271. The molecule has 0 heterocycles. The minimum absolute atomic E-state index is 0.102. The number of hydrogen-bond acceptors (Lipinski definition) is 5. The van der Waals surface area contributed by atoms with E-state index in [0.29, 0.717) is 17.9 Å². The number of hydrogen-bond donors (Lipinski definition) is 1. The van der Waals surface area contributed by atoms with Crippen LogP contribution in [0.1, 0.15) is 28.4 Å². The average molecular weight is 518 g/mol. The van der Waals surface area contributed by atoms with Gasteiger partial charge in [-0.15, -0.1) is 0 Å². The molecular weight excluding hydrogens is 493 g/mol. The number of benzene rings is 3. The molecule has 1 N–H and O–H groups in total. The molecular formula is C24H25BrNO5P. The van der Waals surface area contributed by atoms with Gasteiger partial charge in [0.2, 0.25) is 0 Å². The minimum atomic E-state index is -3.65. The molecule has 3 aromatic rings. The zero-order chi connectivity index (χ0) is 22.8. The number of nitrogens with one attached hydrogen (secondary N) is 1. The maximum Gasteiger partial charge on any atom is 0.350 e. The first kappa shape index (κ1) is 24.2. The van der Waals surface area contributed by atoms with Crippen LogP contribution in [-0.4, -0.2) is 18.8 Å². The molecule has 32 heavy (non-hydrogen) atoms. The van der Waals surface area contributed by atoms with Crippen LogP contribution < -0.4 is 10.1 Å². The van der Waals surface area contributed by atoms with Crippen molar-refractivity contribution in [1.82, 2.24) is 5.32 Å². The zero-order valence-electron chi connectivity index (χ0n) is 17.7. The third kappa shape index (κ3) is 7.31. The standard InChI is InChI=1S/C24H25BrNO5P/c1-2-29-23-15-21(25)13-14-22(23)24(27)26-18-32(28,30-16-19-9-5-3-6-10-19)31-17-20-11-7-4-8-12-20/h3-15H,2,16-18H2,1H3,(H,26,27). The monoisotopic (exact) mass is 517 g/mol. The first-order valence-electron chi connectivity index (χ1n) is 10.2. The lowest BCUT2D eigenvalue weighted by molar-refractivity contribution is 0.0948. The molecule has 0 aromatic heterocycles. The van der Waals surface area contributed by atoms with E-state index in [0.717, 1.165) is 15.6 Å². The molecule has 0 spiro atoms. The average Bonchev–Trinajstić information content (AvgIpc) is 2.82. The quantitative estimate of drug-likeness (QED) is 0.308. The molecule has 0 aliphatic carbocycles. The summed E-state index contributed by atoms with van der Waals surface area (Å²) in [5.41, 5.74) is 2.05. The maximum absolute atomic E-state index is 13.5. The molecule has 1 amide bonds. The lowest BCUT2D eigenvalue weighted by Gasteiger charge is -2.20. The maximum atomic E-state index is 13.5. The lowest BCUT2D eigenvalue weighted by atomic mass is 10.2. The van der Waals surface area contributed by atoms with Crippen LogP contribution in [0.2, 0.25) is 0 Å². The smallest absolute Gasteiger partial charge is 0.350 e. The second-order valence-electron chi connectivity index (χ2n) is 6.87. The predicted octanol–water partition coefficient (Wildman–Crippen LogP) is 6.16. The molecule has 0 aliphatic rings. The molecule has 0 saturated heterocycles. The Kier molecular flexibility index (Phi) is 9.06. The molecule has 0 unspecified atom stereocenters. The summed E-state index contributed by atoms with van der Waals surface area (Å²) < 4.78 is 31.2. The normalized spacial score (nSPS) is 11.2. The SMILES string of the molecule is CCOc1cc(Br)ccc1C(=O)NCP(=O)(OCc1ccccc1)OCc1ccccc1. The summed E-state index contributed by atoms with van der Waals surface area (Å²) in [4.78, 5) is 12.8. The number of rotatable bonds is 11. The molecule has 0 aliphatic heterocycles. The van der Waals surface area contributed by atoms with Gasteiger partial charge in [-0.3, -0.25) is 9.36 Å². The highest BCUT2D eigenvalue weighted by Gasteiger charge is 2.27. The van der Waals surface area contributed by atoms with Gasteiger partial charge in [-0.2, -0.15) is 0 Å². The Balaban J connectivity index is 1.71. The highest BCUT2D eigenvalue weighted by Crippen LogP contribution is 2.48. The van der Waals surface area contributed by atoms with E-state index in [1.54, 1.807) is 18.2 Å². The Hall–Kier alpha value is -2.44. The lowest BCUT2D eigenvalue weighted by Crippen LogP contribution is -2.26. The van der Waals surface area contributed by atoms with Gasteiger partial charge < -0.3 is 19.1 Å². The van der Waals surface area contributed by atoms with Crippen molar-refractivity contribution in [1.29, 1.82) is 0 Å². The van der Waals surface area contributed by atoms with Gasteiger partial charge in [0.15, 0.2) is 0 Å². The number of ether oxygens (including phenoxy) is 1. The Morgan fingerprint density at radius 1 is 0.906 bits per heavy atom. The summed E-state index contributed by atoms with van der Waals surface area (Å²) in [5.74, 6) is 0.0115. The van der Waals surface area contributed by atoms with Crippen molar-refractivity contribution in [2.24, 2.45) is 0 Å². The van der Waals surface area contributed by atoms with E-state index in [2.05, 4.69) is 21.2 Å². The first-order chi connectivity index (χ1) is 15.5. The molecule has 0 bridgehead atoms. The van der Waals surface area contributed by atoms with Gasteiger partial charge >= 0.3 is 7.60 Å². The topological polar surface area (TPSA) is 73.9 Å². The second kappa shape index (κ2) is 12.0. The molecule has 3 aromatic carbocycles. The Bertz CT molecular complexity index is 1010. The van der Waals surface area contributed by atoms with Gasteiger partial charge in [0.05, 0.1) is 25.4 Å². The summed E-state index contributed by atoms with van der Waals surface area (Å²) in [7, 11) is -3.65. The van der Waals surface area contributed by atoms with Crippen molar-refractivity contribution in [3.63, 3.8) is 0 Å². The number of amides is 1. The second-order valence-corrected chi connectivity index (χ2v) is 9.84. The van der Waals surface area contributed by atoms with Gasteiger partial charge in [-0.1, -0.05) is 76.6 Å². The molecule has 0 radical (unpaired) electrons. The van der Waals surface area contributed by atoms with E-state index in [4.69, 9.17) is 13.8 Å². The summed E-state index contributed by atoms with van der Waals surface area (Å²) >= 11 is 3.38. The van der Waals surface area contributed by atoms with Crippen LogP contribution in [0.15, 0.2) is 83.3 Å². The fourth-order valence-corrected chi connectivity index (χ4v) is 4.47. The summed E-state index contributed by atoms with van der Waals surface area (Å²) in [6.45, 7) is 2.46. The fraction of sp³-hybridized carbons (Fsp3) is 0.208. The summed E-state index contributed by atoms with van der Waals surface area (Å²) in [5, 5.41) is 2.68. The van der Waals surface area contributed by atoms with Gasteiger partial charge in [0.25, 0.3) is 5.91 Å². The van der Waals surface area contributed by atoms with Gasteiger partial charge in [0, 0.05) is 4.47 Å². The van der Waals surface area contributed by atoms with Crippen LogP contribution in [-0.2, 0) is 26.8 Å². The van der Waals surface area contributed by atoms with Crippen LogP contribution in [0, 0.1) is 0 Å². The number of halogens is 1. The third-order valence-corrected chi connectivity index (χ3v) is 6.55. The van der Waals surface area contributed by atoms with E-state index >= 15 is 0 Å². The molecule has 0 fully saturated rings. The number of carbonyl (C=O) groups excluding carboxylic acids is 1. The van der Waals surface area contributed by atoms with Crippen molar-refractivity contribution in [2.45, 2.75) is 20.1 Å². The zero-order valence-corrected chi connectivity index (χ0v) is 20.2. The Labute approximate surface area is 196 Å². The predicted molar refractivity (Wildman–Crippen MR) is 128 cm³/mol. The minimum Gasteiger partial charge on any atom is -0.493 e. The highest BCUT2D eigenvalue weighted by atomic mass is 79.9. The van der Waals surface area contributed by atoms with Gasteiger partial charge in [0.1, 0.15) is 12.0 Å². The molecule has 6 nitrogen and oxygen atoms in total. The van der Waals surface area contributed by atoms with E-state index < -0.39 is 13.5 Å². The van der Waals surface area contributed by atoms with Crippen LogP contribution in [0.25, 0.3) is 0 Å². The largest absolute Gasteiger partial charge is 0.493 e. The van der Waals surface area contributed by atoms with Crippen LogP contribution in [0.4, 0.5) is 0 Å². The van der Waals surface area contributed by atoms with Crippen molar-refractivity contribution < 1.29 is 23.1 Å². The van der Waals surface area contributed by atoms with Crippen LogP contribution in [0.5, 0.6) is 5.75 Å². The van der Waals surface area contributed by atoms with E-state index in [1.807, 2.05) is 67.6 Å². The van der Waals surface area contributed by atoms with Crippen molar-refractivity contribution in [2.75, 3.05) is 12.9 Å². The van der Waals surface area contributed by atoms with Gasteiger partial charge in [-0.05, 0) is 36.2 Å². The first-order valence-corrected chi connectivity index (χ1v) is 12.7. The van der Waals surface area contributed by atoms with Crippen LogP contribution in [0.3, 0.4) is 0 Å². The van der Waals surface area contributed by atoms with Crippen LogP contribution >= 0.6 is 23.5 Å². The molecule has 168 valence electrons. The van der Waals surface area contributed by atoms with Crippen molar-refractivity contribution in [3.05, 3.63) is 100 Å². The van der Waals surface area contributed by atoms with Crippen molar-refractivity contribution >= 4 is 29.4 Å². The van der Waals surface area contributed by atoms with E-state index in [1.165, 1.54) is 0 Å². The molecule has 3 rings (SSSR count). The van der Waals surface area contributed by atoms with E-state index in [-0.39, 0.29) is 19.5 Å². The molecule has 0 atom stereocenters. The van der Waals surface area contributed by atoms with Crippen molar-refractivity contribution in [3.8, 4) is 5.75 Å². The fourth-order valence-electron chi connectivity index (χ4n) is 2.85. The third-order valence-electron chi connectivity index (χ3n) is 4.46.